The molecule has 0 spiro atoms. The number of aliphatic hydroxyl groups excluding tert-OH is 1. The smallest absolute Gasteiger partial charge is 0.178 e. The Morgan fingerprint density at radius 3 is 2.43 bits per heavy atom. The number of hydrogen-bond acceptors (Lipinski definition) is 3. The lowest BCUT2D eigenvalue weighted by atomic mass is 10.1. The molecule has 5 heteroatoms. The van der Waals surface area contributed by atoms with Crippen molar-refractivity contribution in [2.45, 2.75) is 12.7 Å². The number of nitrogens with zero attached hydrogens (tertiary/aromatic N) is 3. The van der Waals surface area contributed by atoms with Crippen LogP contribution in [0, 0.1) is 0 Å². The van der Waals surface area contributed by atoms with Crippen LogP contribution < -0.4 is 0 Å². The lowest BCUT2D eigenvalue weighted by molar-refractivity contribution is -0.0424. The first kappa shape index (κ1) is 10.5. The molecule has 0 aromatic heterocycles. The Hall–Kier alpha value is -1.55. The van der Waals surface area contributed by atoms with Crippen LogP contribution in [-0.4, -0.2) is 16.8 Å². The summed E-state index contributed by atoms with van der Waals surface area (Å²) >= 11 is 0. The Bertz CT molecular complexity index is 328. The third kappa shape index (κ3) is 3.06. The molecular weight excluding hydrogens is 182 g/mol. The standard InChI is InChI=1S/C9H11N3O2/c10-12-11-6-5-7-1-3-8(4-2-7)9(13)14/h1-4,9,13-14H,5-6H2. The van der Waals surface area contributed by atoms with Crippen LogP contribution >= 0.6 is 0 Å². The lowest BCUT2D eigenvalue weighted by Gasteiger charge is -2.04. The van der Waals surface area contributed by atoms with Crippen molar-refractivity contribution in [2.75, 3.05) is 6.54 Å². The van der Waals surface area contributed by atoms with Gasteiger partial charge in [0.1, 0.15) is 0 Å². The highest BCUT2D eigenvalue weighted by molar-refractivity contribution is 5.23. The van der Waals surface area contributed by atoms with Crippen molar-refractivity contribution in [1.29, 1.82) is 0 Å². The van der Waals surface area contributed by atoms with Gasteiger partial charge in [-0.15, -0.1) is 0 Å². The highest BCUT2D eigenvalue weighted by atomic mass is 16.5. The summed E-state index contributed by atoms with van der Waals surface area (Å²) < 4.78 is 0. The van der Waals surface area contributed by atoms with Crippen molar-refractivity contribution < 1.29 is 10.2 Å². The van der Waals surface area contributed by atoms with E-state index in [1.54, 1.807) is 24.3 Å². The van der Waals surface area contributed by atoms with Gasteiger partial charge in [-0.2, -0.15) is 0 Å². The second kappa shape index (κ2) is 5.24. The monoisotopic (exact) mass is 193 g/mol. The molecule has 0 unspecified atom stereocenters. The highest BCUT2D eigenvalue weighted by Crippen LogP contribution is 2.11. The predicted molar refractivity (Wildman–Crippen MR) is 51.3 cm³/mol. The molecule has 1 rings (SSSR count). The molecule has 5 nitrogen and oxygen atoms in total. The van der Waals surface area contributed by atoms with E-state index in [4.69, 9.17) is 15.7 Å². The summed E-state index contributed by atoms with van der Waals surface area (Å²) in [5.41, 5.74) is 9.51. The number of azide groups is 1. The quantitative estimate of drug-likeness (QED) is 0.328. The van der Waals surface area contributed by atoms with Crippen LogP contribution in [0.4, 0.5) is 0 Å². The summed E-state index contributed by atoms with van der Waals surface area (Å²) in [4.78, 5) is 2.64. The summed E-state index contributed by atoms with van der Waals surface area (Å²) in [6, 6.07) is 6.83. The van der Waals surface area contributed by atoms with Crippen molar-refractivity contribution in [3.05, 3.63) is 45.8 Å². The third-order valence-corrected chi connectivity index (χ3v) is 1.84. The summed E-state index contributed by atoms with van der Waals surface area (Å²) in [5.74, 6) is 0. The maximum absolute atomic E-state index is 8.82. The second-order valence-electron chi connectivity index (χ2n) is 2.82. The summed E-state index contributed by atoms with van der Waals surface area (Å²) in [7, 11) is 0. The first-order valence-corrected chi connectivity index (χ1v) is 4.20. The molecule has 74 valence electrons. The molecule has 0 saturated heterocycles. The van der Waals surface area contributed by atoms with Gasteiger partial charge in [-0.25, -0.2) is 0 Å². The minimum absolute atomic E-state index is 0.414. The third-order valence-electron chi connectivity index (χ3n) is 1.84. The Morgan fingerprint density at radius 1 is 1.29 bits per heavy atom. The van der Waals surface area contributed by atoms with E-state index in [1.807, 2.05) is 0 Å². The van der Waals surface area contributed by atoms with Crippen molar-refractivity contribution in [3.63, 3.8) is 0 Å². The van der Waals surface area contributed by atoms with Crippen LogP contribution in [0.15, 0.2) is 29.4 Å². The van der Waals surface area contributed by atoms with Crippen LogP contribution in [-0.2, 0) is 6.42 Å². The molecule has 2 N–H and O–H groups in total. The van der Waals surface area contributed by atoms with E-state index in [9.17, 15) is 0 Å². The number of hydrogen-bond donors (Lipinski definition) is 2. The molecule has 0 aliphatic carbocycles. The largest absolute Gasteiger partial charge is 0.364 e. The fraction of sp³-hybridized carbons (Fsp3) is 0.333. The van der Waals surface area contributed by atoms with E-state index < -0.39 is 6.29 Å². The maximum atomic E-state index is 8.82. The highest BCUT2D eigenvalue weighted by Gasteiger charge is 2.00. The SMILES string of the molecule is [N-]=[N+]=NCCc1ccc(C(O)O)cc1. The van der Waals surface area contributed by atoms with Crippen LogP contribution in [0.1, 0.15) is 17.4 Å². The number of aliphatic hydroxyl groups is 2. The molecule has 0 atom stereocenters. The Balaban J connectivity index is 2.59. The van der Waals surface area contributed by atoms with Crippen LogP contribution in [0.5, 0.6) is 0 Å². The lowest BCUT2D eigenvalue weighted by Crippen LogP contribution is -1.95. The average Bonchev–Trinajstić information content (AvgIpc) is 2.19. The van der Waals surface area contributed by atoms with Gasteiger partial charge in [-0.1, -0.05) is 29.4 Å². The molecule has 0 fully saturated rings. The van der Waals surface area contributed by atoms with Crippen LogP contribution in [0.3, 0.4) is 0 Å². The average molecular weight is 193 g/mol. The fourth-order valence-corrected chi connectivity index (χ4v) is 1.08. The minimum atomic E-state index is -1.43. The first-order chi connectivity index (χ1) is 6.74. The van der Waals surface area contributed by atoms with E-state index in [-0.39, 0.29) is 0 Å². The number of rotatable bonds is 4. The molecule has 0 saturated carbocycles. The fourth-order valence-electron chi connectivity index (χ4n) is 1.08. The zero-order valence-electron chi connectivity index (χ0n) is 7.54. The summed E-state index contributed by atoms with van der Waals surface area (Å²) in [6.07, 6.45) is -0.771. The van der Waals surface area contributed by atoms with Crippen molar-refractivity contribution in [3.8, 4) is 0 Å². The van der Waals surface area contributed by atoms with Crippen molar-refractivity contribution in [2.24, 2.45) is 5.11 Å². The maximum Gasteiger partial charge on any atom is 0.178 e. The normalized spacial score (nSPS) is 9.93. The zero-order chi connectivity index (χ0) is 10.4. The van der Waals surface area contributed by atoms with Gasteiger partial charge < -0.3 is 10.2 Å². The van der Waals surface area contributed by atoms with Crippen molar-refractivity contribution in [1.82, 2.24) is 0 Å². The molecule has 0 aliphatic heterocycles. The molecule has 1 aromatic carbocycles. The van der Waals surface area contributed by atoms with Crippen LogP contribution in [0.2, 0.25) is 0 Å². The molecule has 0 amide bonds. The van der Waals surface area contributed by atoms with Crippen molar-refractivity contribution >= 4 is 0 Å². The summed E-state index contributed by atoms with van der Waals surface area (Å²) in [5, 5.41) is 21.0. The Kier molecular flexibility index (Phi) is 3.94. The van der Waals surface area contributed by atoms with Gasteiger partial charge in [0, 0.05) is 17.0 Å². The van der Waals surface area contributed by atoms with Gasteiger partial charge in [-0.3, -0.25) is 0 Å². The minimum Gasteiger partial charge on any atom is -0.364 e. The molecule has 0 radical (unpaired) electrons. The molecule has 0 heterocycles. The van der Waals surface area contributed by atoms with Gasteiger partial charge in [0.2, 0.25) is 0 Å². The molecule has 1 aromatic rings. The van der Waals surface area contributed by atoms with Gasteiger partial charge in [-0.05, 0) is 17.5 Å². The van der Waals surface area contributed by atoms with E-state index in [1.165, 1.54) is 0 Å². The Labute approximate surface area is 81.2 Å². The van der Waals surface area contributed by atoms with Crippen LogP contribution in [0.25, 0.3) is 10.4 Å². The zero-order valence-corrected chi connectivity index (χ0v) is 7.54. The molecule has 0 bridgehead atoms. The van der Waals surface area contributed by atoms with Gasteiger partial charge in [0.05, 0.1) is 0 Å². The first-order valence-electron chi connectivity index (χ1n) is 4.20. The van der Waals surface area contributed by atoms with E-state index in [2.05, 4.69) is 10.0 Å². The topological polar surface area (TPSA) is 89.2 Å². The predicted octanol–water partition coefficient (Wildman–Crippen LogP) is 1.52. The summed E-state index contributed by atoms with van der Waals surface area (Å²) in [6.45, 7) is 0.414. The van der Waals surface area contributed by atoms with E-state index in [0.717, 1.165) is 5.56 Å². The molecule has 0 aliphatic rings. The molecule has 14 heavy (non-hydrogen) atoms. The van der Waals surface area contributed by atoms with E-state index in [0.29, 0.717) is 18.5 Å². The second-order valence-corrected chi connectivity index (χ2v) is 2.82. The van der Waals surface area contributed by atoms with Gasteiger partial charge in [0.15, 0.2) is 6.29 Å². The Morgan fingerprint density at radius 2 is 1.93 bits per heavy atom. The van der Waals surface area contributed by atoms with E-state index >= 15 is 0 Å². The number of benzene rings is 1. The van der Waals surface area contributed by atoms with Gasteiger partial charge >= 0.3 is 0 Å². The molecular formula is C9H11N3O2. The van der Waals surface area contributed by atoms with Gasteiger partial charge in [0.25, 0.3) is 0 Å².